The average molecular weight is 275 g/mol. The van der Waals surface area contributed by atoms with Crippen molar-refractivity contribution in [3.05, 3.63) is 35.7 Å². The van der Waals surface area contributed by atoms with Crippen LogP contribution < -0.4 is 15.5 Å². The summed E-state index contributed by atoms with van der Waals surface area (Å²) in [6, 6.07) is 7.53. The van der Waals surface area contributed by atoms with Crippen molar-refractivity contribution in [1.82, 2.24) is 10.2 Å². The van der Waals surface area contributed by atoms with Crippen LogP contribution in [0.15, 0.2) is 28.7 Å². The van der Waals surface area contributed by atoms with Crippen LogP contribution in [0.25, 0.3) is 0 Å². The van der Waals surface area contributed by atoms with E-state index in [4.69, 9.17) is 10.2 Å². The summed E-state index contributed by atoms with van der Waals surface area (Å²) in [5.41, 5.74) is 6.59. The van der Waals surface area contributed by atoms with E-state index in [1.165, 1.54) is 0 Å². The second kappa shape index (κ2) is 5.60. The Bertz CT molecular complexity index is 608. The number of benzene rings is 1. The molecule has 0 atom stereocenters. The fourth-order valence-electron chi connectivity index (χ4n) is 1.68. The van der Waals surface area contributed by atoms with Gasteiger partial charge < -0.3 is 20.0 Å². The van der Waals surface area contributed by atoms with Crippen LogP contribution in [0.2, 0.25) is 0 Å². The second-order valence-electron chi connectivity index (χ2n) is 4.64. The SMILES string of the molecule is CN(C)c1nnc(CN(C)c2cccc(C(N)=O)c2)o1. The number of nitrogens with two attached hydrogens (primary N) is 1. The fourth-order valence-corrected chi connectivity index (χ4v) is 1.68. The normalized spacial score (nSPS) is 10.3. The van der Waals surface area contributed by atoms with Crippen molar-refractivity contribution in [1.29, 1.82) is 0 Å². The van der Waals surface area contributed by atoms with Gasteiger partial charge in [-0.1, -0.05) is 11.2 Å². The predicted molar refractivity (Wildman–Crippen MR) is 75.7 cm³/mol. The molecule has 1 aromatic carbocycles. The smallest absolute Gasteiger partial charge is 0.317 e. The van der Waals surface area contributed by atoms with Crippen LogP contribution in [-0.4, -0.2) is 37.2 Å². The number of carbonyl (C=O) groups is 1. The fraction of sp³-hybridized carbons (Fsp3) is 0.308. The van der Waals surface area contributed by atoms with Crippen LogP contribution in [0.5, 0.6) is 0 Å². The van der Waals surface area contributed by atoms with Gasteiger partial charge in [-0.05, 0) is 18.2 Å². The lowest BCUT2D eigenvalue weighted by Crippen LogP contribution is -2.18. The molecule has 0 aliphatic heterocycles. The largest absolute Gasteiger partial charge is 0.406 e. The summed E-state index contributed by atoms with van der Waals surface area (Å²) in [6.45, 7) is 0.447. The first-order valence-electron chi connectivity index (χ1n) is 6.08. The van der Waals surface area contributed by atoms with Gasteiger partial charge in [0.15, 0.2) is 0 Å². The Morgan fingerprint density at radius 3 is 2.65 bits per heavy atom. The van der Waals surface area contributed by atoms with Crippen LogP contribution in [0.1, 0.15) is 16.2 Å². The number of carbonyl (C=O) groups excluding carboxylic acids is 1. The molecule has 0 unspecified atom stereocenters. The molecule has 0 fully saturated rings. The van der Waals surface area contributed by atoms with Crippen molar-refractivity contribution < 1.29 is 9.21 Å². The lowest BCUT2D eigenvalue weighted by Gasteiger charge is -2.17. The Labute approximate surface area is 117 Å². The molecule has 1 aromatic heterocycles. The van der Waals surface area contributed by atoms with Gasteiger partial charge in [0.25, 0.3) is 0 Å². The van der Waals surface area contributed by atoms with Gasteiger partial charge in [0.2, 0.25) is 11.8 Å². The highest BCUT2D eigenvalue weighted by Crippen LogP contribution is 2.18. The molecule has 0 radical (unpaired) electrons. The van der Waals surface area contributed by atoms with Gasteiger partial charge in [-0.15, -0.1) is 5.10 Å². The number of nitrogens with zero attached hydrogens (tertiary/aromatic N) is 4. The molecule has 0 bridgehead atoms. The summed E-state index contributed by atoms with van der Waals surface area (Å²) in [4.78, 5) is 14.8. The second-order valence-corrected chi connectivity index (χ2v) is 4.64. The van der Waals surface area contributed by atoms with Crippen molar-refractivity contribution in [3.63, 3.8) is 0 Å². The number of primary amides is 1. The summed E-state index contributed by atoms with van der Waals surface area (Å²) in [5.74, 6) is 0.0496. The van der Waals surface area contributed by atoms with E-state index in [1.807, 2.05) is 32.1 Å². The highest BCUT2D eigenvalue weighted by atomic mass is 16.4. The molecular formula is C13H17N5O2. The van der Waals surface area contributed by atoms with Gasteiger partial charge in [0.05, 0.1) is 6.54 Å². The molecule has 1 amide bonds. The number of amides is 1. The average Bonchev–Trinajstić information content (AvgIpc) is 2.87. The van der Waals surface area contributed by atoms with E-state index in [1.54, 1.807) is 23.1 Å². The maximum Gasteiger partial charge on any atom is 0.317 e. The van der Waals surface area contributed by atoms with E-state index in [-0.39, 0.29) is 0 Å². The molecule has 7 nitrogen and oxygen atoms in total. The quantitative estimate of drug-likeness (QED) is 0.871. The summed E-state index contributed by atoms with van der Waals surface area (Å²) >= 11 is 0. The first kappa shape index (κ1) is 13.9. The van der Waals surface area contributed by atoms with Gasteiger partial charge in [-0.25, -0.2) is 0 Å². The van der Waals surface area contributed by atoms with E-state index >= 15 is 0 Å². The Balaban J connectivity index is 2.12. The Morgan fingerprint density at radius 2 is 2.05 bits per heavy atom. The lowest BCUT2D eigenvalue weighted by atomic mass is 10.2. The third-order valence-corrected chi connectivity index (χ3v) is 2.78. The summed E-state index contributed by atoms with van der Waals surface area (Å²) < 4.78 is 5.49. The molecule has 0 spiro atoms. The molecule has 0 aliphatic carbocycles. The molecule has 1 heterocycles. The zero-order valence-electron chi connectivity index (χ0n) is 11.7. The van der Waals surface area contributed by atoms with Crippen LogP contribution in [-0.2, 0) is 6.54 Å². The molecule has 2 N–H and O–H groups in total. The zero-order valence-corrected chi connectivity index (χ0v) is 11.7. The molecule has 7 heteroatoms. The molecular weight excluding hydrogens is 258 g/mol. The van der Waals surface area contributed by atoms with E-state index in [9.17, 15) is 4.79 Å². The van der Waals surface area contributed by atoms with Crippen molar-refractivity contribution in [2.24, 2.45) is 5.73 Å². The monoisotopic (exact) mass is 275 g/mol. The third-order valence-electron chi connectivity index (χ3n) is 2.78. The van der Waals surface area contributed by atoms with Crippen molar-refractivity contribution >= 4 is 17.6 Å². The van der Waals surface area contributed by atoms with Gasteiger partial charge in [-0.2, -0.15) is 0 Å². The number of anilines is 2. The molecule has 0 saturated heterocycles. The van der Waals surface area contributed by atoms with Crippen LogP contribution in [0, 0.1) is 0 Å². The highest BCUT2D eigenvalue weighted by molar-refractivity contribution is 5.93. The minimum Gasteiger partial charge on any atom is -0.406 e. The van der Waals surface area contributed by atoms with Crippen molar-refractivity contribution in [2.75, 3.05) is 30.9 Å². The molecule has 106 valence electrons. The summed E-state index contributed by atoms with van der Waals surface area (Å²) in [5, 5.41) is 7.89. The van der Waals surface area contributed by atoms with Crippen LogP contribution >= 0.6 is 0 Å². The number of hydrogen-bond acceptors (Lipinski definition) is 6. The molecule has 2 aromatic rings. The number of aromatic nitrogens is 2. The van der Waals surface area contributed by atoms with Gasteiger partial charge >= 0.3 is 6.01 Å². The summed E-state index contributed by atoms with van der Waals surface area (Å²) in [7, 11) is 5.54. The molecule has 20 heavy (non-hydrogen) atoms. The van der Waals surface area contributed by atoms with Crippen LogP contribution in [0.3, 0.4) is 0 Å². The topological polar surface area (TPSA) is 88.5 Å². The standard InChI is InChI=1S/C13H17N5O2/c1-17(2)13-16-15-11(20-13)8-18(3)10-6-4-5-9(7-10)12(14)19/h4-7H,8H2,1-3H3,(H2,14,19). The Hall–Kier alpha value is -2.57. The number of rotatable bonds is 5. The number of hydrogen-bond donors (Lipinski definition) is 1. The predicted octanol–water partition coefficient (Wildman–Crippen LogP) is 0.871. The lowest BCUT2D eigenvalue weighted by molar-refractivity contribution is 0.100. The van der Waals surface area contributed by atoms with E-state index in [2.05, 4.69) is 10.2 Å². The van der Waals surface area contributed by atoms with E-state index in [0.29, 0.717) is 24.0 Å². The minimum absolute atomic E-state index is 0.447. The summed E-state index contributed by atoms with van der Waals surface area (Å²) in [6.07, 6.45) is 0. The molecule has 0 saturated carbocycles. The molecule has 0 aliphatic rings. The third kappa shape index (κ3) is 3.05. The van der Waals surface area contributed by atoms with Crippen LogP contribution in [0.4, 0.5) is 11.7 Å². The van der Waals surface area contributed by atoms with Gasteiger partial charge in [-0.3, -0.25) is 4.79 Å². The Kier molecular flexibility index (Phi) is 3.88. The minimum atomic E-state index is -0.451. The van der Waals surface area contributed by atoms with Gasteiger partial charge in [0, 0.05) is 32.4 Å². The van der Waals surface area contributed by atoms with Crippen molar-refractivity contribution in [2.45, 2.75) is 6.54 Å². The van der Waals surface area contributed by atoms with E-state index in [0.717, 1.165) is 5.69 Å². The Morgan fingerprint density at radius 1 is 1.30 bits per heavy atom. The first-order valence-corrected chi connectivity index (χ1v) is 6.08. The highest BCUT2D eigenvalue weighted by Gasteiger charge is 2.11. The van der Waals surface area contributed by atoms with Gasteiger partial charge in [0.1, 0.15) is 0 Å². The molecule has 2 rings (SSSR count). The first-order chi connectivity index (χ1) is 9.47. The maximum atomic E-state index is 11.2. The van der Waals surface area contributed by atoms with E-state index < -0.39 is 5.91 Å². The zero-order chi connectivity index (χ0) is 14.7. The maximum absolute atomic E-state index is 11.2. The van der Waals surface area contributed by atoms with Crippen molar-refractivity contribution in [3.8, 4) is 0 Å².